The molecule has 6 aromatic carbocycles. The van der Waals surface area contributed by atoms with Crippen LogP contribution < -0.4 is 0 Å². The van der Waals surface area contributed by atoms with Crippen LogP contribution in [-0.2, 0) is 0 Å². The van der Waals surface area contributed by atoms with E-state index in [9.17, 15) is 0 Å². The van der Waals surface area contributed by atoms with Crippen molar-refractivity contribution in [3.63, 3.8) is 0 Å². The Hall–Kier alpha value is -6.06. The molecule has 0 N–H and O–H groups in total. The van der Waals surface area contributed by atoms with Gasteiger partial charge in [-0.25, -0.2) is 0 Å². The van der Waals surface area contributed by atoms with Crippen LogP contribution in [0, 0.1) is 13.8 Å². The molecular weight excluding hydrogens is 572 g/mol. The molecule has 0 fully saturated rings. The van der Waals surface area contributed by atoms with E-state index in [1.54, 1.807) is 6.08 Å². The van der Waals surface area contributed by atoms with Crippen molar-refractivity contribution in [1.29, 1.82) is 0 Å². The number of para-hydroxylation sites is 3. The Balaban J connectivity index is 1.25. The number of rotatable bonds is 5. The summed E-state index contributed by atoms with van der Waals surface area (Å²) in [4.78, 5) is 0. The van der Waals surface area contributed by atoms with Gasteiger partial charge in [-0.2, -0.15) is 0 Å². The van der Waals surface area contributed by atoms with Crippen LogP contribution in [0.2, 0.25) is 0 Å². The first-order chi connectivity index (χ1) is 23.1. The summed E-state index contributed by atoms with van der Waals surface area (Å²) >= 11 is 0. The van der Waals surface area contributed by atoms with Gasteiger partial charge in [0.15, 0.2) is 0 Å². The zero-order valence-electron chi connectivity index (χ0n) is 26.4. The molecule has 0 saturated heterocycles. The van der Waals surface area contributed by atoms with E-state index in [0.29, 0.717) is 0 Å². The van der Waals surface area contributed by atoms with Crippen molar-refractivity contribution in [2.75, 3.05) is 0 Å². The maximum absolute atomic E-state index is 6.48. The molecule has 3 nitrogen and oxygen atoms in total. The summed E-state index contributed by atoms with van der Waals surface area (Å²) in [5.41, 5.74) is 12.6. The maximum Gasteiger partial charge on any atom is 0.144 e. The summed E-state index contributed by atoms with van der Waals surface area (Å²) in [6.45, 7) is 8.09. The smallest absolute Gasteiger partial charge is 0.144 e. The van der Waals surface area contributed by atoms with Gasteiger partial charge in [0.1, 0.15) is 11.3 Å². The number of benzene rings is 6. The molecule has 0 aliphatic heterocycles. The van der Waals surface area contributed by atoms with Gasteiger partial charge in [0.2, 0.25) is 0 Å². The third kappa shape index (κ3) is 4.06. The largest absolute Gasteiger partial charge is 0.460 e. The first-order valence-corrected chi connectivity index (χ1v) is 16.1. The molecule has 47 heavy (non-hydrogen) atoms. The molecule has 0 atom stereocenters. The Labute approximate surface area is 272 Å². The topological polar surface area (TPSA) is 23.0 Å². The molecule has 0 amide bonds. The Bertz CT molecular complexity index is 2680. The molecule has 0 radical (unpaired) electrons. The van der Waals surface area contributed by atoms with E-state index >= 15 is 0 Å². The minimum Gasteiger partial charge on any atom is -0.460 e. The number of nitrogens with zero attached hydrogens (tertiary/aromatic N) is 2. The van der Waals surface area contributed by atoms with E-state index in [-0.39, 0.29) is 0 Å². The quantitative estimate of drug-likeness (QED) is 0.179. The predicted molar refractivity (Wildman–Crippen MR) is 199 cm³/mol. The van der Waals surface area contributed by atoms with Gasteiger partial charge < -0.3 is 13.6 Å². The molecule has 0 aliphatic carbocycles. The summed E-state index contributed by atoms with van der Waals surface area (Å²) < 4.78 is 11.2. The standard InChI is InChI=1S/C44H32N2O/c1-4-5-15-33-29(3)47-44-36(33)24-25-42-43(44)37-18-8-11-21-41(37)46(42)31-14-12-13-30(26-31)38-27-32(23-22-28(38)2)45-39-19-9-6-16-34(39)35-17-7-10-20-40(35)45/h4-27H,1H2,2-3H3/b15-5-. The minimum absolute atomic E-state index is 0.906. The van der Waals surface area contributed by atoms with Crippen LogP contribution in [0.1, 0.15) is 16.9 Å². The van der Waals surface area contributed by atoms with Crippen molar-refractivity contribution in [2.24, 2.45) is 0 Å². The maximum atomic E-state index is 6.48. The summed E-state index contributed by atoms with van der Waals surface area (Å²) in [5, 5.41) is 5.96. The van der Waals surface area contributed by atoms with Gasteiger partial charge in [0, 0.05) is 38.5 Å². The van der Waals surface area contributed by atoms with Gasteiger partial charge >= 0.3 is 0 Å². The molecule has 3 heterocycles. The molecule has 3 heteroatoms. The van der Waals surface area contributed by atoms with Gasteiger partial charge in [-0.3, -0.25) is 0 Å². The van der Waals surface area contributed by atoms with Crippen LogP contribution in [-0.4, -0.2) is 9.13 Å². The van der Waals surface area contributed by atoms with E-state index in [1.807, 2.05) is 13.0 Å². The molecule has 0 saturated carbocycles. The van der Waals surface area contributed by atoms with Gasteiger partial charge in [-0.05, 0) is 85.1 Å². The predicted octanol–water partition coefficient (Wildman–Crippen LogP) is 12.1. The Morgan fingerprint density at radius 2 is 1.21 bits per heavy atom. The third-order valence-electron chi connectivity index (χ3n) is 9.59. The average molecular weight is 605 g/mol. The van der Waals surface area contributed by atoms with Gasteiger partial charge in [-0.15, -0.1) is 0 Å². The molecule has 0 bridgehead atoms. The normalized spacial score (nSPS) is 12.0. The summed E-state index contributed by atoms with van der Waals surface area (Å²) in [6, 6.07) is 46.2. The second-order valence-corrected chi connectivity index (χ2v) is 12.3. The zero-order chi connectivity index (χ0) is 31.6. The fourth-order valence-electron chi connectivity index (χ4n) is 7.47. The van der Waals surface area contributed by atoms with E-state index < -0.39 is 0 Å². The first-order valence-electron chi connectivity index (χ1n) is 16.1. The van der Waals surface area contributed by atoms with Crippen LogP contribution in [0.3, 0.4) is 0 Å². The van der Waals surface area contributed by atoms with Crippen LogP contribution in [0.5, 0.6) is 0 Å². The van der Waals surface area contributed by atoms with Crippen LogP contribution in [0.25, 0.3) is 83.2 Å². The number of aryl methyl sites for hydroxylation is 2. The number of fused-ring (bicyclic) bond motifs is 8. The van der Waals surface area contributed by atoms with E-state index in [1.165, 1.54) is 43.9 Å². The average Bonchev–Trinajstić information content (AvgIpc) is 3.74. The van der Waals surface area contributed by atoms with Crippen molar-refractivity contribution >= 4 is 60.7 Å². The number of furan rings is 1. The Kier molecular flexibility index (Phi) is 6.09. The van der Waals surface area contributed by atoms with E-state index in [0.717, 1.165) is 50.1 Å². The lowest BCUT2D eigenvalue weighted by Crippen LogP contribution is -1.97. The highest BCUT2D eigenvalue weighted by Gasteiger charge is 2.20. The van der Waals surface area contributed by atoms with Crippen molar-refractivity contribution in [3.8, 4) is 22.5 Å². The molecule has 0 spiro atoms. The lowest BCUT2D eigenvalue weighted by molar-refractivity contribution is 0.580. The second kappa shape index (κ2) is 10.5. The molecule has 0 unspecified atom stereocenters. The second-order valence-electron chi connectivity index (χ2n) is 12.3. The van der Waals surface area contributed by atoms with Gasteiger partial charge in [0.25, 0.3) is 0 Å². The third-order valence-corrected chi connectivity index (χ3v) is 9.59. The lowest BCUT2D eigenvalue weighted by atomic mass is 9.99. The van der Waals surface area contributed by atoms with Crippen molar-refractivity contribution in [1.82, 2.24) is 9.13 Å². The van der Waals surface area contributed by atoms with Gasteiger partial charge in [0.05, 0.1) is 27.5 Å². The SMILES string of the molecule is C=C/C=C\c1c(C)oc2c1ccc1c2c2ccccc2n1-c1cccc(-c2cc(-n3c4ccccc4c4ccccc43)ccc2C)c1. The molecule has 224 valence electrons. The van der Waals surface area contributed by atoms with Crippen molar-refractivity contribution < 1.29 is 4.42 Å². The highest BCUT2D eigenvalue weighted by molar-refractivity contribution is 6.20. The Morgan fingerprint density at radius 3 is 1.94 bits per heavy atom. The fraction of sp³-hybridized carbons (Fsp3) is 0.0455. The molecule has 0 aliphatic rings. The van der Waals surface area contributed by atoms with Crippen molar-refractivity contribution in [3.05, 3.63) is 163 Å². The molecule has 9 rings (SSSR count). The van der Waals surface area contributed by atoms with E-state index in [2.05, 4.69) is 156 Å². The molecule has 3 aromatic heterocycles. The lowest BCUT2D eigenvalue weighted by Gasteiger charge is -2.14. The minimum atomic E-state index is 0.906. The summed E-state index contributed by atoms with van der Waals surface area (Å²) in [7, 11) is 0. The fourth-order valence-corrected chi connectivity index (χ4v) is 7.47. The number of aromatic nitrogens is 2. The highest BCUT2D eigenvalue weighted by Crippen LogP contribution is 2.41. The summed E-state index contributed by atoms with van der Waals surface area (Å²) in [6.07, 6.45) is 5.85. The monoisotopic (exact) mass is 604 g/mol. The first kappa shape index (κ1) is 27.3. The molecule has 9 aromatic rings. The summed E-state index contributed by atoms with van der Waals surface area (Å²) in [5.74, 6) is 0.906. The number of allylic oxidation sites excluding steroid dienone is 2. The van der Waals surface area contributed by atoms with E-state index in [4.69, 9.17) is 4.42 Å². The van der Waals surface area contributed by atoms with Crippen LogP contribution in [0.15, 0.2) is 151 Å². The number of hydrogen-bond donors (Lipinski definition) is 0. The van der Waals surface area contributed by atoms with Gasteiger partial charge in [-0.1, -0.05) is 97.6 Å². The molecular formula is C44H32N2O. The van der Waals surface area contributed by atoms with Crippen LogP contribution >= 0.6 is 0 Å². The Morgan fingerprint density at radius 1 is 0.574 bits per heavy atom. The van der Waals surface area contributed by atoms with Crippen molar-refractivity contribution in [2.45, 2.75) is 13.8 Å². The zero-order valence-corrected chi connectivity index (χ0v) is 26.4. The highest BCUT2D eigenvalue weighted by atomic mass is 16.3. The number of hydrogen-bond acceptors (Lipinski definition) is 1. The van der Waals surface area contributed by atoms with Crippen LogP contribution in [0.4, 0.5) is 0 Å².